The third-order valence-electron chi connectivity index (χ3n) is 1.38. The summed E-state index contributed by atoms with van der Waals surface area (Å²) in [5, 5.41) is -1.50. The Morgan fingerprint density at radius 1 is 1.33 bits per heavy atom. The minimum absolute atomic E-state index is 0.00849. The summed E-state index contributed by atoms with van der Waals surface area (Å²) in [4.78, 5) is 21.4. The maximum atomic E-state index is 10.7. The summed E-state index contributed by atoms with van der Waals surface area (Å²) in [7, 11) is 0. The zero-order valence-corrected chi connectivity index (χ0v) is 7.57. The molecule has 0 saturated carbocycles. The number of halogens is 2. The summed E-state index contributed by atoms with van der Waals surface area (Å²) in [5.74, 6) is 0.291. The Morgan fingerprint density at radius 3 is 2.25 bits per heavy atom. The smallest absolute Gasteiger partial charge is 0.256 e. The molecule has 0 fully saturated rings. The average Bonchev–Trinajstić information content (AvgIpc) is 2.30. The molecular formula is C7H4Cl2O3. The highest BCUT2D eigenvalue weighted by molar-refractivity contribution is 6.72. The van der Waals surface area contributed by atoms with E-state index >= 15 is 0 Å². The molecule has 0 amide bonds. The van der Waals surface area contributed by atoms with Gasteiger partial charge in [-0.3, -0.25) is 9.59 Å². The lowest BCUT2D eigenvalue weighted by atomic mass is 10.2. The quantitative estimate of drug-likeness (QED) is 0.699. The standard InChI is InChI=1S/C7H4Cl2O3/c1-3-5(7(9)11)4(2-12-3)6(8)10/h2H,1H3. The maximum absolute atomic E-state index is 10.7. The first-order valence-electron chi connectivity index (χ1n) is 3.01. The second-order valence-corrected chi connectivity index (χ2v) is 2.81. The Morgan fingerprint density at radius 2 is 1.92 bits per heavy atom. The fourth-order valence-corrected chi connectivity index (χ4v) is 1.22. The van der Waals surface area contributed by atoms with E-state index in [4.69, 9.17) is 27.6 Å². The first-order valence-corrected chi connectivity index (χ1v) is 3.77. The van der Waals surface area contributed by atoms with Crippen molar-refractivity contribution in [3.05, 3.63) is 23.2 Å². The number of furan rings is 1. The van der Waals surface area contributed by atoms with Crippen LogP contribution in [0.2, 0.25) is 0 Å². The Hall–Kier alpha value is -0.800. The molecule has 0 radical (unpaired) electrons. The second-order valence-electron chi connectivity index (χ2n) is 2.13. The van der Waals surface area contributed by atoms with Crippen molar-refractivity contribution in [2.75, 3.05) is 0 Å². The highest BCUT2D eigenvalue weighted by Crippen LogP contribution is 2.20. The molecule has 0 atom stereocenters. The molecule has 12 heavy (non-hydrogen) atoms. The first kappa shape index (κ1) is 9.29. The third kappa shape index (κ3) is 1.52. The molecule has 0 unspecified atom stereocenters. The lowest BCUT2D eigenvalue weighted by Crippen LogP contribution is -1.97. The van der Waals surface area contributed by atoms with E-state index in [1.54, 1.807) is 0 Å². The van der Waals surface area contributed by atoms with E-state index in [1.807, 2.05) is 0 Å². The number of hydrogen-bond acceptors (Lipinski definition) is 3. The van der Waals surface area contributed by atoms with Crippen LogP contribution in [0.5, 0.6) is 0 Å². The van der Waals surface area contributed by atoms with Crippen LogP contribution in [0.25, 0.3) is 0 Å². The zero-order chi connectivity index (χ0) is 9.30. The molecule has 5 heteroatoms. The molecule has 0 bridgehead atoms. The van der Waals surface area contributed by atoms with Gasteiger partial charge in [-0.15, -0.1) is 0 Å². The van der Waals surface area contributed by atoms with Gasteiger partial charge in [-0.25, -0.2) is 0 Å². The topological polar surface area (TPSA) is 47.3 Å². The molecule has 0 aliphatic heterocycles. The van der Waals surface area contributed by atoms with Crippen LogP contribution < -0.4 is 0 Å². The van der Waals surface area contributed by atoms with E-state index in [2.05, 4.69) is 0 Å². The molecule has 1 heterocycles. The number of hydrogen-bond donors (Lipinski definition) is 0. The number of carbonyl (C=O) groups excluding carboxylic acids is 2. The van der Waals surface area contributed by atoms with E-state index in [9.17, 15) is 9.59 Å². The van der Waals surface area contributed by atoms with Gasteiger partial charge in [0.05, 0.1) is 11.1 Å². The summed E-state index contributed by atoms with van der Waals surface area (Å²) < 4.78 is 4.81. The summed E-state index contributed by atoms with van der Waals surface area (Å²) in [5.41, 5.74) is 0.0471. The van der Waals surface area contributed by atoms with Gasteiger partial charge in [0.25, 0.3) is 10.5 Å². The normalized spacial score (nSPS) is 9.92. The van der Waals surface area contributed by atoms with E-state index in [1.165, 1.54) is 6.92 Å². The Balaban J connectivity index is 3.31. The van der Waals surface area contributed by atoms with E-state index < -0.39 is 10.5 Å². The SMILES string of the molecule is Cc1occ(C(=O)Cl)c1C(=O)Cl. The van der Waals surface area contributed by atoms with E-state index in [0.717, 1.165) is 6.26 Å². The molecule has 1 aromatic rings. The highest BCUT2D eigenvalue weighted by atomic mass is 35.5. The van der Waals surface area contributed by atoms with Crippen molar-refractivity contribution in [2.24, 2.45) is 0 Å². The van der Waals surface area contributed by atoms with Gasteiger partial charge in [0.1, 0.15) is 12.0 Å². The summed E-state index contributed by atoms with van der Waals surface area (Å²) >= 11 is 10.3. The van der Waals surface area contributed by atoms with Crippen molar-refractivity contribution in [1.29, 1.82) is 0 Å². The largest absolute Gasteiger partial charge is 0.468 e. The van der Waals surface area contributed by atoms with E-state index in [0.29, 0.717) is 5.76 Å². The number of rotatable bonds is 2. The minimum atomic E-state index is -0.754. The molecule has 0 aliphatic carbocycles. The summed E-state index contributed by atoms with van der Waals surface area (Å²) in [6.07, 6.45) is 1.11. The van der Waals surface area contributed by atoms with Crippen LogP contribution in [0.15, 0.2) is 10.7 Å². The molecular weight excluding hydrogens is 203 g/mol. The first-order chi connectivity index (χ1) is 5.54. The van der Waals surface area contributed by atoms with Crippen LogP contribution in [0, 0.1) is 6.92 Å². The fraction of sp³-hybridized carbons (Fsp3) is 0.143. The zero-order valence-electron chi connectivity index (χ0n) is 6.06. The van der Waals surface area contributed by atoms with Crippen molar-refractivity contribution >= 4 is 33.7 Å². The van der Waals surface area contributed by atoms with Gasteiger partial charge < -0.3 is 4.42 Å². The van der Waals surface area contributed by atoms with Crippen molar-refractivity contribution < 1.29 is 14.0 Å². The molecule has 0 aromatic carbocycles. The molecule has 3 nitrogen and oxygen atoms in total. The van der Waals surface area contributed by atoms with Crippen LogP contribution in [-0.2, 0) is 0 Å². The average molecular weight is 207 g/mol. The number of carbonyl (C=O) groups is 2. The summed E-state index contributed by atoms with van der Waals surface area (Å²) in [6.45, 7) is 1.53. The van der Waals surface area contributed by atoms with E-state index in [-0.39, 0.29) is 11.1 Å². The van der Waals surface area contributed by atoms with Crippen LogP contribution in [0.4, 0.5) is 0 Å². The molecule has 0 aliphatic rings. The number of aryl methyl sites for hydroxylation is 1. The molecule has 64 valence electrons. The van der Waals surface area contributed by atoms with Crippen LogP contribution in [-0.4, -0.2) is 10.5 Å². The second kappa shape index (κ2) is 3.29. The Kier molecular flexibility index (Phi) is 2.55. The van der Waals surface area contributed by atoms with Crippen molar-refractivity contribution in [1.82, 2.24) is 0 Å². The van der Waals surface area contributed by atoms with Gasteiger partial charge >= 0.3 is 0 Å². The molecule has 0 N–H and O–H groups in total. The van der Waals surface area contributed by atoms with Crippen molar-refractivity contribution in [3.8, 4) is 0 Å². The lowest BCUT2D eigenvalue weighted by molar-refractivity contribution is 0.105. The molecule has 0 saturated heterocycles. The fourth-order valence-electron chi connectivity index (χ4n) is 0.844. The minimum Gasteiger partial charge on any atom is -0.468 e. The monoisotopic (exact) mass is 206 g/mol. The highest BCUT2D eigenvalue weighted by Gasteiger charge is 2.20. The van der Waals surface area contributed by atoms with Crippen molar-refractivity contribution in [3.63, 3.8) is 0 Å². The van der Waals surface area contributed by atoms with Crippen LogP contribution >= 0.6 is 23.2 Å². The van der Waals surface area contributed by atoms with Crippen LogP contribution in [0.1, 0.15) is 26.5 Å². The van der Waals surface area contributed by atoms with Crippen molar-refractivity contribution in [2.45, 2.75) is 6.92 Å². The Bertz CT molecular complexity index is 340. The predicted octanol–water partition coefficient (Wildman–Crippen LogP) is 2.35. The maximum Gasteiger partial charge on any atom is 0.256 e. The molecule has 1 aromatic heterocycles. The molecule has 0 spiro atoms. The third-order valence-corrected chi connectivity index (χ3v) is 1.78. The van der Waals surface area contributed by atoms with Gasteiger partial charge in [0.15, 0.2) is 0 Å². The van der Waals surface area contributed by atoms with Gasteiger partial charge in [0, 0.05) is 0 Å². The summed E-state index contributed by atoms with van der Waals surface area (Å²) in [6, 6.07) is 0. The van der Waals surface area contributed by atoms with Gasteiger partial charge in [-0.05, 0) is 30.1 Å². The van der Waals surface area contributed by atoms with Gasteiger partial charge in [-0.2, -0.15) is 0 Å². The van der Waals surface area contributed by atoms with Gasteiger partial charge in [-0.1, -0.05) is 0 Å². The van der Waals surface area contributed by atoms with Gasteiger partial charge in [0.2, 0.25) is 0 Å². The predicted molar refractivity (Wildman–Crippen MR) is 43.8 cm³/mol. The molecule has 1 rings (SSSR count). The lowest BCUT2D eigenvalue weighted by Gasteiger charge is -1.90. The van der Waals surface area contributed by atoms with Crippen LogP contribution in [0.3, 0.4) is 0 Å². The Labute approximate surface area is 78.3 Å².